The predicted molar refractivity (Wildman–Crippen MR) is 85.9 cm³/mol. The number of carbonyl (C=O) groups is 2. The van der Waals surface area contributed by atoms with E-state index in [4.69, 9.17) is 9.47 Å². The first-order valence-corrected chi connectivity index (χ1v) is 7.92. The van der Waals surface area contributed by atoms with Gasteiger partial charge in [0.25, 0.3) is 0 Å². The molecule has 0 aliphatic rings. The van der Waals surface area contributed by atoms with Gasteiger partial charge in [0.05, 0.1) is 24.3 Å². The molecule has 0 aliphatic carbocycles. The van der Waals surface area contributed by atoms with Gasteiger partial charge in [-0.05, 0) is 30.0 Å². The van der Waals surface area contributed by atoms with Gasteiger partial charge in [0, 0.05) is 0 Å². The molecule has 0 unspecified atom stereocenters. The number of ether oxygens (including phenoxy) is 2. The Morgan fingerprint density at radius 1 is 0.955 bits per heavy atom. The normalized spacial score (nSPS) is 10.8. The van der Waals surface area contributed by atoms with Crippen LogP contribution in [-0.4, -0.2) is 25.2 Å². The molecule has 1 aromatic rings. The molecule has 1 rings (SSSR count). The Kier molecular flexibility index (Phi) is 7.64. The van der Waals surface area contributed by atoms with E-state index in [0.29, 0.717) is 30.3 Å². The van der Waals surface area contributed by atoms with Gasteiger partial charge in [-0.3, -0.25) is 0 Å². The van der Waals surface area contributed by atoms with E-state index in [1.807, 2.05) is 13.8 Å². The third kappa shape index (κ3) is 5.88. The molecule has 0 aliphatic heterocycles. The molecule has 0 spiro atoms. The minimum absolute atomic E-state index is 0.275. The van der Waals surface area contributed by atoms with E-state index in [0.717, 1.165) is 12.8 Å². The molecular weight excluding hydrogens is 280 g/mol. The van der Waals surface area contributed by atoms with Gasteiger partial charge in [-0.15, -0.1) is 0 Å². The molecule has 0 saturated heterocycles. The minimum atomic E-state index is -0.414. The summed E-state index contributed by atoms with van der Waals surface area (Å²) >= 11 is 0. The zero-order valence-electron chi connectivity index (χ0n) is 13.9. The molecule has 4 nitrogen and oxygen atoms in total. The van der Waals surface area contributed by atoms with Crippen molar-refractivity contribution in [3.05, 3.63) is 35.4 Å². The Labute approximate surface area is 132 Å². The van der Waals surface area contributed by atoms with Crippen molar-refractivity contribution in [2.45, 2.75) is 40.5 Å². The number of hydrogen-bond acceptors (Lipinski definition) is 4. The molecule has 0 fully saturated rings. The van der Waals surface area contributed by atoms with E-state index in [1.165, 1.54) is 6.07 Å². The molecule has 122 valence electrons. The van der Waals surface area contributed by atoms with Gasteiger partial charge in [-0.2, -0.15) is 0 Å². The van der Waals surface area contributed by atoms with Crippen molar-refractivity contribution in [1.29, 1.82) is 0 Å². The Balaban J connectivity index is 2.66. The first-order chi connectivity index (χ1) is 10.5. The molecule has 0 radical (unpaired) electrons. The summed E-state index contributed by atoms with van der Waals surface area (Å²) in [5, 5.41) is 0. The first-order valence-electron chi connectivity index (χ1n) is 7.92. The van der Waals surface area contributed by atoms with Gasteiger partial charge >= 0.3 is 11.9 Å². The van der Waals surface area contributed by atoms with Crippen LogP contribution in [0.3, 0.4) is 0 Å². The second-order valence-corrected chi connectivity index (χ2v) is 5.85. The lowest BCUT2D eigenvalue weighted by atomic mass is 10.1. The summed E-state index contributed by atoms with van der Waals surface area (Å²) in [6.45, 7) is 8.87. The van der Waals surface area contributed by atoms with Gasteiger partial charge in [0.1, 0.15) is 0 Å². The van der Waals surface area contributed by atoms with Crippen LogP contribution in [0.5, 0.6) is 0 Å². The standard InChI is InChI=1S/C18H26O4/c1-5-14(6-2)12-22-18(20)16-9-7-8-15(10-16)17(19)21-11-13(3)4/h7-10,13-14H,5-6,11-12H2,1-4H3. The quantitative estimate of drug-likeness (QED) is 0.679. The van der Waals surface area contributed by atoms with Crippen LogP contribution < -0.4 is 0 Å². The summed E-state index contributed by atoms with van der Waals surface area (Å²) in [7, 11) is 0. The van der Waals surface area contributed by atoms with E-state index < -0.39 is 11.9 Å². The van der Waals surface area contributed by atoms with E-state index in [2.05, 4.69) is 13.8 Å². The molecule has 0 atom stereocenters. The first kappa shape index (κ1) is 18.2. The van der Waals surface area contributed by atoms with Crippen LogP contribution in [0, 0.1) is 11.8 Å². The predicted octanol–water partition coefficient (Wildman–Crippen LogP) is 4.09. The lowest BCUT2D eigenvalue weighted by Crippen LogP contribution is -2.14. The van der Waals surface area contributed by atoms with Crippen molar-refractivity contribution < 1.29 is 19.1 Å². The summed E-state index contributed by atoms with van der Waals surface area (Å²) in [6.07, 6.45) is 1.96. The van der Waals surface area contributed by atoms with Crippen molar-refractivity contribution in [3.63, 3.8) is 0 Å². The third-order valence-electron chi connectivity index (χ3n) is 3.49. The van der Waals surface area contributed by atoms with Gasteiger partial charge in [-0.25, -0.2) is 9.59 Å². The van der Waals surface area contributed by atoms with Crippen molar-refractivity contribution in [1.82, 2.24) is 0 Å². The number of rotatable bonds is 8. The van der Waals surface area contributed by atoms with Crippen molar-refractivity contribution in [2.24, 2.45) is 11.8 Å². The number of hydrogen-bond donors (Lipinski definition) is 0. The van der Waals surface area contributed by atoms with Crippen LogP contribution >= 0.6 is 0 Å². The topological polar surface area (TPSA) is 52.6 Å². The second-order valence-electron chi connectivity index (χ2n) is 5.85. The molecule has 0 heterocycles. The minimum Gasteiger partial charge on any atom is -0.462 e. The highest BCUT2D eigenvalue weighted by atomic mass is 16.5. The molecule has 0 saturated carbocycles. The summed E-state index contributed by atoms with van der Waals surface area (Å²) in [4.78, 5) is 24.0. The lowest BCUT2D eigenvalue weighted by Gasteiger charge is -2.13. The molecular formula is C18H26O4. The summed E-state index contributed by atoms with van der Waals surface area (Å²) in [6, 6.07) is 6.48. The maximum absolute atomic E-state index is 12.0. The van der Waals surface area contributed by atoms with E-state index in [1.54, 1.807) is 18.2 Å². The number of carbonyl (C=O) groups excluding carboxylic acids is 2. The van der Waals surface area contributed by atoms with Crippen molar-refractivity contribution >= 4 is 11.9 Å². The Hall–Kier alpha value is -1.84. The van der Waals surface area contributed by atoms with Crippen LogP contribution in [0.25, 0.3) is 0 Å². The van der Waals surface area contributed by atoms with Crippen molar-refractivity contribution in [3.8, 4) is 0 Å². The molecule has 22 heavy (non-hydrogen) atoms. The monoisotopic (exact) mass is 306 g/mol. The highest BCUT2D eigenvalue weighted by Gasteiger charge is 2.14. The van der Waals surface area contributed by atoms with Crippen molar-refractivity contribution in [2.75, 3.05) is 13.2 Å². The van der Waals surface area contributed by atoms with Crippen LogP contribution in [0.15, 0.2) is 24.3 Å². The maximum Gasteiger partial charge on any atom is 0.338 e. The fraction of sp³-hybridized carbons (Fsp3) is 0.556. The molecule has 0 amide bonds. The number of benzene rings is 1. The maximum atomic E-state index is 12.0. The molecule has 0 bridgehead atoms. The second kappa shape index (κ2) is 9.23. The van der Waals surface area contributed by atoms with Gasteiger partial charge < -0.3 is 9.47 Å². The van der Waals surface area contributed by atoms with Crippen LogP contribution in [0.1, 0.15) is 61.3 Å². The molecule has 4 heteroatoms. The van der Waals surface area contributed by atoms with Crippen LogP contribution in [-0.2, 0) is 9.47 Å². The fourth-order valence-corrected chi connectivity index (χ4v) is 1.90. The zero-order chi connectivity index (χ0) is 16.5. The zero-order valence-corrected chi connectivity index (χ0v) is 13.9. The molecule has 1 aromatic carbocycles. The highest BCUT2D eigenvalue weighted by Crippen LogP contribution is 2.12. The van der Waals surface area contributed by atoms with E-state index in [-0.39, 0.29) is 5.92 Å². The van der Waals surface area contributed by atoms with Crippen LogP contribution in [0.2, 0.25) is 0 Å². The average molecular weight is 306 g/mol. The largest absolute Gasteiger partial charge is 0.462 e. The van der Waals surface area contributed by atoms with Gasteiger partial charge in [0.2, 0.25) is 0 Å². The Bertz CT molecular complexity index is 490. The Morgan fingerprint density at radius 2 is 1.45 bits per heavy atom. The highest BCUT2D eigenvalue weighted by molar-refractivity contribution is 5.95. The molecule has 0 N–H and O–H groups in total. The van der Waals surface area contributed by atoms with Gasteiger partial charge in [-0.1, -0.05) is 46.6 Å². The third-order valence-corrected chi connectivity index (χ3v) is 3.49. The molecule has 0 aromatic heterocycles. The van der Waals surface area contributed by atoms with E-state index >= 15 is 0 Å². The summed E-state index contributed by atoms with van der Waals surface area (Å²) in [5.41, 5.74) is 0.752. The summed E-state index contributed by atoms with van der Waals surface area (Å²) < 4.78 is 10.5. The number of esters is 2. The van der Waals surface area contributed by atoms with E-state index in [9.17, 15) is 9.59 Å². The fourth-order valence-electron chi connectivity index (χ4n) is 1.90. The Morgan fingerprint density at radius 3 is 1.91 bits per heavy atom. The SMILES string of the molecule is CCC(CC)COC(=O)c1cccc(C(=O)OCC(C)C)c1. The van der Waals surface area contributed by atoms with Crippen LogP contribution in [0.4, 0.5) is 0 Å². The average Bonchev–Trinajstić information content (AvgIpc) is 2.53. The lowest BCUT2D eigenvalue weighted by molar-refractivity contribution is 0.0433. The van der Waals surface area contributed by atoms with Gasteiger partial charge in [0.15, 0.2) is 0 Å². The smallest absolute Gasteiger partial charge is 0.338 e. The summed E-state index contributed by atoms with van der Waals surface area (Å²) in [5.74, 6) is -0.158.